The molecule has 0 bridgehead atoms. The minimum Gasteiger partial charge on any atom is -0.468 e. The number of nitrogens with zero attached hydrogens (tertiary/aromatic N) is 1. The van der Waals surface area contributed by atoms with Gasteiger partial charge in [0.05, 0.1) is 57.4 Å². The molecular weight excluding hydrogens is 466 g/mol. The fourth-order valence-corrected chi connectivity index (χ4v) is 4.71. The zero-order chi connectivity index (χ0) is 25.2. The van der Waals surface area contributed by atoms with Crippen LogP contribution in [-0.4, -0.2) is 47.8 Å². The van der Waals surface area contributed by atoms with Crippen molar-refractivity contribution in [3.63, 3.8) is 0 Å². The maximum absolute atomic E-state index is 12.1. The first-order chi connectivity index (χ1) is 16.8. The lowest BCUT2D eigenvalue weighted by Crippen LogP contribution is -2.47. The highest BCUT2D eigenvalue weighted by Gasteiger charge is 2.51. The van der Waals surface area contributed by atoms with E-state index in [-0.39, 0.29) is 63.0 Å². The average molecular weight is 489 g/mol. The monoisotopic (exact) mass is 489 g/mol. The molecular formula is C22H23N3O10. The van der Waals surface area contributed by atoms with E-state index in [2.05, 4.69) is 9.97 Å². The van der Waals surface area contributed by atoms with Crippen molar-refractivity contribution in [2.24, 2.45) is 0 Å². The molecule has 2 atom stereocenters. The summed E-state index contributed by atoms with van der Waals surface area (Å²) in [5, 5.41) is 8.68. The van der Waals surface area contributed by atoms with Gasteiger partial charge < -0.3 is 23.0 Å². The van der Waals surface area contributed by atoms with Gasteiger partial charge in [-0.25, -0.2) is 9.59 Å². The van der Waals surface area contributed by atoms with E-state index in [1.165, 1.54) is 7.11 Å². The Hall–Kier alpha value is -3.76. The zero-order valence-corrected chi connectivity index (χ0v) is 18.9. The number of carbonyl (C=O) groups excluding carboxylic acids is 3. The first-order valence-corrected chi connectivity index (χ1v) is 10.9. The summed E-state index contributed by atoms with van der Waals surface area (Å²) >= 11 is 0. The van der Waals surface area contributed by atoms with Gasteiger partial charge in [-0.15, -0.1) is 0 Å². The van der Waals surface area contributed by atoms with Crippen molar-refractivity contribution in [2.75, 3.05) is 20.3 Å². The Balaban J connectivity index is 0.000000165. The van der Waals surface area contributed by atoms with Gasteiger partial charge >= 0.3 is 17.5 Å². The van der Waals surface area contributed by atoms with Gasteiger partial charge in [0.2, 0.25) is 0 Å². The smallest absolute Gasteiger partial charge is 0.416 e. The highest BCUT2D eigenvalue weighted by Crippen LogP contribution is 2.40. The summed E-state index contributed by atoms with van der Waals surface area (Å²) in [5.41, 5.74) is -1.20. The first kappa shape index (κ1) is 24.4. The van der Waals surface area contributed by atoms with Gasteiger partial charge in [0, 0.05) is 12.8 Å². The molecule has 4 heterocycles. The number of H-pyrrole nitrogens is 2. The van der Waals surface area contributed by atoms with Gasteiger partial charge in [-0.3, -0.25) is 24.4 Å². The van der Waals surface area contributed by atoms with Gasteiger partial charge in [-0.05, 0) is 12.8 Å². The number of ether oxygens (including phenoxy) is 3. The van der Waals surface area contributed by atoms with E-state index >= 15 is 0 Å². The molecule has 0 radical (unpaired) electrons. The van der Waals surface area contributed by atoms with Gasteiger partial charge in [0.15, 0.2) is 17.0 Å². The molecule has 35 heavy (non-hydrogen) atoms. The molecule has 0 amide bonds. The third-order valence-corrected chi connectivity index (χ3v) is 6.46. The Bertz CT molecular complexity index is 1310. The maximum atomic E-state index is 12.1. The standard InChI is InChI=1S/C11H12N2O5.C11H11NO5/c1-16-9(14)11(3-2-4-12)6-17-5-7-8(11)18-10(15)13-7;13-6-1-2-11(8(14)3-6)5-16-4-7-9(11)17-10(15)12-7/h2-3,5-6H2,1H3,(H,13,15);1-5H2,(H,12,15). The van der Waals surface area contributed by atoms with Crippen LogP contribution in [0.1, 0.15) is 55.0 Å². The summed E-state index contributed by atoms with van der Waals surface area (Å²) in [6, 6.07) is 1.96. The highest BCUT2D eigenvalue weighted by molar-refractivity contribution is 6.06. The molecule has 0 saturated heterocycles. The van der Waals surface area contributed by atoms with Gasteiger partial charge in [-0.1, -0.05) is 0 Å². The van der Waals surface area contributed by atoms with Crippen LogP contribution in [0.25, 0.3) is 0 Å². The van der Waals surface area contributed by atoms with Crippen LogP contribution in [0.15, 0.2) is 18.4 Å². The average Bonchev–Trinajstić information content (AvgIpc) is 3.42. The van der Waals surface area contributed by atoms with Crippen LogP contribution in [0.5, 0.6) is 0 Å². The number of hydrogen-bond acceptors (Lipinski definition) is 11. The molecule has 1 saturated carbocycles. The lowest BCUT2D eigenvalue weighted by Gasteiger charge is -2.35. The summed E-state index contributed by atoms with van der Waals surface area (Å²) in [7, 11) is 1.25. The van der Waals surface area contributed by atoms with E-state index in [0.29, 0.717) is 30.0 Å². The summed E-state index contributed by atoms with van der Waals surface area (Å²) in [4.78, 5) is 62.7. The molecule has 3 aliphatic rings. The largest absolute Gasteiger partial charge is 0.468 e. The quantitative estimate of drug-likeness (QED) is 0.444. The predicted molar refractivity (Wildman–Crippen MR) is 112 cm³/mol. The summed E-state index contributed by atoms with van der Waals surface area (Å²) in [6.45, 7) is 0.637. The lowest BCUT2D eigenvalue weighted by atomic mass is 9.70. The number of oxazole rings is 2. The predicted octanol–water partition coefficient (Wildman–Crippen LogP) is 0.271. The molecule has 2 unspecified atom stereocenters. The van der Waals surface area contributed by atoms with Crippen molar-refractivity contribution >= 4 is 17.5 Å². The van der Waals surface area contributed by atoms with Crippen LogP contribution < -0.4 is 11.5 Å². The van der Waals surface area contributed by atoms with E-state index in [1.807, 2.05) is 6.07 Å². The van der Waals surface area contributed by atoms with Gasteiger partial charge in [0.1, 0.15) is 17.0 Å². The zero-order valence-electron chi connectivity index (χ0n) is 18.9. The summed E-state index contributed by atoms with van der Waals surface area (Å²) < 4.78 is 25.5. The second-order valence-electron chi connectivity index (χ2n) is 8.58. The highest BCUT2D eigenvalue weighted by atomic mass is 16.5. The fourth-order valence-electron chi connectivity index (χ4n) is 4.71. The Morgan fingerprint density at radius 1 is 1.03 bits per heavy atom. The Morgan fingerprint density at radius 3 is 2.29 bits per heavy atom. The number of Topliss-reactive ketones (excluding diaryl/α,β-unsaturated/α-hetero) is 2. The van der Waals surface area contributed by atoms with Gasteiger partial charge in [-0.2, -0.15) is 5.26 Å². The molecule has 186 valence electrons. The number of esters is 1. The van der Waals surface area contributed by atoms with Crippen LogP contribution in [0.3, 0.4) is 0 Å². The van der Waals surface area contributed by atoms with E-state index in [1.54, 1.807) is 0 Å². The van der Waals surface area contributed by atoms with E-state index < -0.39 is 28.3 Å². The summed E-state index contributed by atoms with van der Waals surface area (Å²) in [6.07, 6.45) is 0.899. The number of ketones is 2. The van der Waals surface area contributed by atoms with Crippen molar-refractivity contribution in [1.29, 1.82) is 5.26 Å². The molecule has 2 N–H and O–H groups in total. The van der Waals surface area contributed by atoms with E-state index in [9.17, 15) is 24.0 Å². The number of nitrogens with one attached hydrogen (secondary N) is 2. The number of methoxy groups -OCH3 is 1. The molecule has 5 rings (SSSR count). The molecule has 2 aromatic rings. The third-order valence-electron chi connectivity index (χ3n) is 6.46. The molecule has 2 aliphatic heterocycles. The summed E-state index contributed by atoms with van der Waals surface area (Å²) in [5.74, 6) is -1.48. The first-order valence-electron chi connectivity index (χ1n) is 10.9. The van der Waals surface area contributed by atoms with Crippen molar-refractivity contribution in [1.82, 2.24) is 9.97 Å². The Labute approximate surface area is 197 Å². The van der Waals surface area contributed by atoms with Gasteiger partial charge in [0.25, 0.3) is 0 Å². The second kappa shape index (κ2) is 9.47. The topological polar surface area (TPSA) is 195 Å². The van der Waals surface area contributed by atoms with Crippen LogP contribution in [0.4, 0.5) is 0 Å². The molecule has 13 nitrogen and oxygen atoms in total. The van der Waals surface area contributed by atoms with Crippen LogP contribution in [0, 0.1) is 11.3 Å². The Kier molecular flexibility index (Phi) is 6.60. The fraction of sp³-hybridized carbons (Fsp3) is 0.545. The van der Waals surface area contributed by atoms with Crippen LogP contribution >= 0.6 is 0 Å². The molecule has 1 aliphatic carbocycles. The number of carbonyl (C=O) groups is 3. The number of aromatic amines is 2. The Morgan fingerprint density at radius 2 is 1.66 bits per heavy atom. The van der Waals surface area contributed by atoms with Crippen molar-refractivity contribution in [3.8, 4) is 6.07 Å². The minimum atomic E-state index is -1.21. The molecule has 2 aromatic heterocycles. The van der Waals surface area contributed by atoms with Crippen molar-refractivity contribution < 1.29 is 37.4 Å². The molecule has 1 fully saturated rings. The lowest BCUT2D eigenvalue weighted by molar-refractivity contribution is -0.153. The second-order valence-corrected chi connectivity index (χ2v) is 8.58. The van der Waals surface area contributed by atoms with Crippen molar-refractivity contribution in [2.45, 2.75) is 56.1 Å². The van der Waals surface area contributed by atoms with E-state index in [4.69, 9.17) is 28.3 Å². The minimum absolute atomic E-state index is 0.0369. The maximum Gasteiger partial charge on any atom is 0.416 e. The third kappa shape index (κ3) is 4.26. The number of nitriles is 1. The van der Waals surface area contributed by atoms with Crippen LogP contribution in [-0.2, 0) is 52.6 Å². The van der Waals surface area contributed by atoms with Crippen LogP contribution in [0.2, 0.25) is 0 Å². The normalized spacial score (nSPS) is 25.1. The molecule has 13 heteroatoms. The van der Waals surface area contributed by atoms with Crippen molar-refractivity contribution in [3.05, 3.63) is 44.0 Å². The molecule has 0 aromatic carbocycles. The number of rotatable bonds is 3. The van der Waals surface area contributed by atoms with E-state index in [0.717, 1.165) is 0 Å². The molecule has 1 spiro atoms. The number of aromatic nitrogens is 2. The SMILES string of the molecule is COC(=O)C1(CCC#N)COCc2[nH]c(=O)oc21.O=C1CCC2(COCc3[nH]c(=O)oc32)C(=O)C1. The number of fused-ring (bicyclic) bond motifs is 3. The number of hydrogen-bond donors (Lipinski definition) is 2.